The first-order chi connectivity index (χ1) is 11.1. The Labute approximate surface area is 143 Å². The van der Waals surface area contributed by atoms with Crippen LogP contribution in [0.1, 0.15) is 23.4 Å². The van der Waals surface area contributed by atoms with Crippen molar-refractivity contribution in [3.8, 4) is 0 Å². The predicted octanol–water partition coefficient (Wildman–Crippen LogP) is 1.84. The Hall–Kier alpha value is -1.51. The van der Waals surface area contributed by atoms with E-state index < -0.39 is 5.60 Å². The van der Waals surface area contributed by atoms with E-state index in [2.05, 4.69) is 15.2 Å². The molecular formula is C15H18N4O2S2. The molecule has 1 amide bonds. The number of hydrogen-bond acceptors (Lipinski definition) is 7. The third-order valence-corrected chi connectivity index (χ3v) is 5.93. The van der Waals surface area contributed by atoms with Gasteiger partial charge < -0.3 is 10.0 Å². The summed E-state index contributed by atoms with van der Waals surface area (Å²) >= 11 is 2.92. The van der Waals surface area contributed by atoms with Crippen LogP contribution in [-0.2, 0) is 10.4 Å². The first-order valence-electron chi connectivity index (χ1n) is 7.40. The number of piperidine rings is 1. The maximum atomic E-state index is 12.3. The molecule has 23 heavy (non-hydrogen) atoms. The number of pyridine rings is 1. The lowest BCUT2D eigenvalue weighted by Crippen LogP contribution is -2.45. The Balaban J connectivity index is 1.53. The molecule has 1 aliphatic heterocycles. The molecule has 2 aromatic rings. The van der Waals surface area contributed by atoms with Gasteiger partial charge in [-0.15, -0.1) is 10.2 Å². The molecule has 1 N–H and O–H groups in total. The van der Waals surface area contributed by atoms with E-state index >= 15 is 0 Å². The fraction of sp³-hybridized carbons (Fsp3) is 0.467. The van der Waals surface area contributed by atoms with Gasteiger partial charge in [0.2, 0.25) is 5.91 Å². The smallest absolute Gasteiger partial charge is 0.233 e. The van der Waals surface area contributed by atoms with E-state index in [4.69, 9.17) is 0 Å². The molecule has 8 heteroatoms. The minimum Gasteiger partial charge on any atom is -0.385 e. The number of nitrogens with zero attached hydrogens (tertiary/aromatic N) is 4. The normalized spacial score (nSPS) is 17.2. The Morgan fingerprint density at radius 1 is 1.43 bits per heavy atom. The molecule has 0 aromatic carbocycles. The van der Waals surface area contributed by atoms with Crippen molar-refractivity contribution in [3.63, 3.8) is 0 Å². The molecule has 0 atom stereocenters. The molecule has 0 radical (unpaired) electrons. The van der Waals surface area contributed by atoms with Crippen molar-refractivity contribution in [3.05, 3.63) is 35.1 Å². The average Bonchev–Trinajstić information content (AvgIpc) is 3.00. The van der Waals surface area contributed by atoms with Gasteiger partial charge in [-0.3, -0.25) is 9.78 Å². The van der Waals surface area contributed by atoms with Gasteiger partial charge in [-0.2, -0.15) is 0 Å². The van der Waals surface area contributed by atoms with Crippen molar-refractivity contribution in [1.29, 1.82) is 0 Å². The number of aromatic nitrogens is 3. The van der Waals surface area contributed by atoms with Crippen LogP contribution in [0.5, 0.6) is 0 Å². The van der Waals surface area contributed by atoms with Crippen LogP contribution in [0.3, 0.4) is 0 Å². The van der Waals surface area contributed by atoms with E-state index in [-0.39, 0.29) is 5.91 Å². The van der Waals surface area contributed by atoms with Crippen molar-refractivity contribution in [2.45, 2.75) is 29.7 Å². The molecule has 0 saturated carbocycles. The third kappa shape index (κ3) is 3.88. The largest absolute Gasteiger partial charge is 0.385 e. The lowest BCUT2D eigenvalue weighted by atomic mass is 9.85. The lowest BCUT2D eigenvalue weighted by molar-refractivity contribution is -0.132. The highest BCUT2D eigenvalue weighted by Crippen LogP contribution is 2.32. The number of thioether (sulfide) groups is 1. The number of aryl methyl sites for hydroxylation is 1. The summed E-state index contributed by atoms with van der Waals surface area (Å²) in [6.45, 7) is 3.01. The summed E-state index contributed by atoms with van der Waals surface area (Å²) in [5.74, 6) is 0.441. The van der Waals surface area contributed by atoms with Gasteiger partial charge in [0.25, 0.3) is 0 Å². The fourth-order valence-electron chi connectivity index (χ4n) is 2.60. The summed E-state index contributed by atoms with van der Waals surface area (Å²) in [5, 5.41) is 19.6. The zero-order valence-electron chi connectivity index (χ0n) is 12.8. The van der Waals surface area contributed by atoms with Crippen LogP contribution in [-0.4, -0.2) is 49.9 Å². The molecule has 2 aromatic heterocycles. The summed E-state index contributed by atoms with van der Waals surface area (Å²) in [6.07, 6.45) is 4.46. The summed E-state index contributed by atoms with van der Waals surface area (Å²) in [4.78, 5) is 18.2. The standard InChI is InChI=1S/C15H18N4O2S2/c1-11-17-18-14(23-11)22-10-13(20)19-7-4-15(21,5-8-19)12-3-2-6-16-9-12/h2-3,6,9,21H,4-5,7-8,10H2,1H3. The predicted molar refractivity (Wildman–Crippen MR) is 89.3 cm³/mol. The quantitative estimate of drug-likeness (QED) is 0.848. The molecule has 1 aliphatic rings. The second kappa shape index (κ2) is 6.94. The Bertz CT molecular complexity index is 669. The van der Waals surface area contributed by atoms with Gasteiger partial charge in [0.15, 0.2) is 4.34 Å². The van der Waals surface area contributed by atoms with Crippen LogP contribution in [0.2, 0.25) is 0 Å². The topological polar surface area (TPSA) is 79.2 Å². The van der Waals surface area contributed by atoms with Gasteiger partial charge in [-0.25, -0.2) is 0 Å². The number of rotatable bonds is 4. The van der Waals surface area contributed by atoms with Crippen molar-refractivity contribution in [2.24, 2.45) is 0 Å². The van der Waals surface area contributed by atoms with Gasteiger partial charge in [0, 0.05) is 31.0 Å². The third-order valence-electron chi connectivity index (χ3n) is 3.97. The summed E-state index contributed by atoms with van der Waals surface area (Å²) in [5.41, 5.74) is -0.0556. The van der Waals surface area contributed by atoms with Crippen LogP contribution >= 0.6 is 23.1 Å². The maximum Gasteiger partial charge on any atom is 0.233 e. The number of aliphatic hydroxyl groups is 1. The maximum absolute atomic E-state index is 12.3. The number of carbonyl (C=O) groups excluding carboxylic acids is 1. The molecule has 0 bridgehead atoms. The number of hydrogen-bond donors (Lipinski definition) is 1. The molecule has 1 fully saturated rings. The SMILES string of the molecule is Cc1nnc(SCC(=O)N2CCC(O)(c3cccnc3)CC2)s1. The van der Waals surface area contributed by atoms with Crippen LogP contribution in [0.25, 0.3) is 0 Å². The first-order valence-corrected chi connectivity index (χ1v) is 9.21. The molecule has 6 nitrogen and oxygen atoms in total. The van der Waals surface area contributed by atoms with Crippen molar-refractivity contribution in [2.75, 3.05) is 18.8 Å². The Morgan fingerprint density at radius 2 is 2.22 bits per heavy atom. The second-order valence-electron chi connectivity index (χ2n) is 5.53. The highest BCUT2D eigenvalue weighted by molar-refractivity contribution is 8.01. The Morgan fingerprint density at radius 3 is 2.83 bits per heavy atom. The van der Waals surface area contributed by atoms with E-state index in [0.717, 1.165) is 14.9 Å². The van der Waals surface area contributed by atoms with E-state index in [1.54, 1.807) is 12.4 Å². The van der Waals surface area contributed by atoms with Crippen LogP contribution in [0.15, 0.2) is 28.9 Å². The second-order valence-corrected chi connectivity index (χ2v) is 7.93. The van der Waals surface area contributed by atoms with Crippen LogP contribution in [0.4, 0.5) is 0 Å². The number of carbonyl (C=O) groups is 1. The van der Waals surface area contributed by atoms with Crippen molar-refractivity contribution >= 4 is 29.0 Å². The van der Waals surface area contributed by atoms with E-state index in [0.29, 0.717) is 31.7 Å². The molecule has 3 rings (SSSR count). The summed E-state index contributed by atoms with van der Waals surface area (Å²) in [6, 6.07) is 3.71. The van der Waals surface area contributed by atoms with Gasteiger partial charge >= 0.3 is 0 Å². The molecule has 1 saturated heterocycles. The van der Waals surface area contributed by atoms with E-state index in [1.165, 1.54) is 23.1 Å². The van der Waals surface area contributed by atoms with Crippen LogP contribution in [0, 0.1) is 6.92 Å². The van der Waals surface area contributed by atoms with E-state index in [1.807, 2.05) is 24.0 Å². The van der Waals surface area contributed by atoms with E-state index in [9.17, 15) is 9.90 Å². The zero-order chi connectivity index (χ0) is 16.3. The van der Waals surface area contributed by atoms with Gasteiger partial charge in [-0.1, -0.05) is 29.2 Å². The van der Waals surface area contributed by atoms with Gasteiger partial charge in [0.1, 0.15) is 5.01 Å². The molecule has 0 spiro atoms. The minimum absolute atomic E-state index is 0.0797. The number of amides is 1. The molecule has 0 unspecified atom stereocenters. The van der Waals surface area contributed by atoms with Gasteiger partial charge in [-0.05, 0) is 25.8 Å². The van der Waals surface area contributed by atoms with Crippen molar-refractivity contribution in [1.82, 2.24) is 20.1 Å². The highest BCUT2D eigenvalue weighted by Gasteiger charge is 2.35. The van der Waals surface area contributed by atoms with Gasteiger partial charge in [0.05, 0.1) is 11.4 Å². The van der Waals surface area contributed by atoms with Crippen molar-refractivity contribution < 1.29 is 9.90 Å². The monoisotopic (exact) mass is 350 g/mol. The average molecular weight is 350 g/mol. The minimum atomic E-state index is -0.880. The summed E-state index contributed by atoms with van der Waals surface area (Å²) in [7, 11) is 0. The zero-order valence-corrected chi connectivity index (χ0v) is 14.4. The molecule has 122 valence electrons. The molecule has 3 heterocycles. The summed E-state index contributed by atoms with van der Waals surface area (Å²) < 4.78 is 0.819. The van der Waals surface area contributed by atoms with Crippen LogP contribution < -0.4 is 0 Å². The first kappa shape index (κ1) is 16.4. The molecular weight excluding hydrogens is 332 g/mol. The lowest BCUT2D eigenvalue weighted by Gasteiger charge is -2.38. The highest BCUT2D eigenvalue weighted by atomic mass is 32.2. The number of likely N-dealkylation sites (tertiary alicyclic amines) is 1. The molecule has 0 aliphatic carbocycles. The Kier molecular flexibility index (Phi) is 4.93. The fourth-order valence-corrected chi connectivity index (χ4v) is 4.32.